The average molecular weight is 218 g/mol. The monoisotopic (exact) mass is 218 g/mol. The number of nitrogens with two attached hydrogens (primary N) is 1. The summed E-state index contributed by atoms with van der Waals surface area (Å²) >= 11 is 0. The number of fused-ring (bicyclic) bond motifs is 1. The Kier molecular flexibility index (Phi) is 2.81. The topological polar surface area (TPSA) is 68.1 Å². The summed E-state index contributed by atoms with van der Waals surface area (Å²) in [6.45, 7) is 2.30. The van der Waals surface area contributed by atoms with Gasteiger partial charge in [-0.25, -0.2) is 4.79 Å². The van der Waals surface area contributed by atoms with Crippen LogP contribution in [0.25, 0.3) is 10.9 Å². The zero-order valence-corrected chi connectivity index (χ0v) is 9.07. The zero-order valence-electron chi connectivity index (χ0n) is 9.07. The summed E-state index contributed by atoms with van der Waals surface area (Å²) in [5, 5.41) is 1.16. The van der Waals surface area contributed by atoms with Crippen LogP contribution < -0.4 is 5.73 Å². The highest BCUT2D eigenvalue weighted by molar-refractivity contribution is 5.83. The molecule has 0 saturated heterocycles. The average Bonchev–Trinajstić information content (AvgIpc) is 2.69. The van der Waals surface area contributed by atoms with Crippen LogP contribution in [-0.4, -0.2) is 17.7 Å². The Balaban J connectivity index is 2.22. The lowest BCUT2D eigenvalue weighted by Gasteiger charge is -2.09. The molecule has 4 heteroatoms. The Morgan fingerprint density at radius 2 is 2.25 bits per heavy atom. The standard InChI is InChI=1S/C12H14N2O2/c1-8(7-16-12(13)15)10-6-14-11-5-3-2-4-9(10)11/h2-6,8,14H,7H2,1H3,(H2,13,15). The molecule has 0 aliphatic heterocycles. The van der Waals surface area contributed by atoms with Gasteiger partial charge in [-0.1, -0.05) is 25.1 Å². The molecule has 16 heavy (non-hydrogen) atoms. The highest BCUT2D eigenvalue weighted by Crippen LogP contribution is 2.25. The van der Waals surface area contributed by atoms with Crippen molar-refractivity contribution < 1.29 is 9.53 Å². The lowest BCUT2D eigenvalue weighted by atomic mass is 10.0. The molecule has 1 amide bonds. The van der Waals surface area contributed by atoms with Crippen LogP contribution in [0.2, 0.25) is 0 Å². The quantitative estimate of drug-likeness (QED) is 0.830. The first kappa shape index (κ1) is 10.5. The summed E-state index contributed by atoms with van der Waals surface area (Å²) in [4.78, 5) is 13.7. The third-order valence-corrected chi connectivity index (χ3v) is 2.63. The van der Waals surface area contributed by atoms with Gasteiger partial charge in [-0.15, -0.1) is 0 Å². The minimum absolute atomic E-state index is 0.128. The number of para-hydroxylation sites is 1. The van der Waals surface area contributed by atoms with Crippen molar-refractivity contribution in [3.05, 3.63) is 36.0 Å². The van der Waals surface area contributed by atoms with E-state index >= 15 is 0 Å². The van der Waals surface area contributed by atoms with Crippen molar-refractivity contribution in [3.63, 3.8) is 0 Å². The molecule has 1 unspecified atom stereocenters. The van der Waals surface area contributed by atoms with Crippen LogP contribution in [0, 0.1) is 0 Å². The lowest BCUT2D eigenvalue weighted by molar-refractivity contribution is 0.151. The van der Waals surface area contributed by atoms with E-state index in [0.29, 0.717) is 6.61 Å². The van der Waals surface area contributed by atoms with E-state index < -0.39 is 6.09 Å². The summed E-state index contributed by atoms with van der Waals surface area (Å²) in [6.07, 6.45) is 1.21. The molecule has 4 nitrogen and oxygen atoms in total. The number of ether oxygens (including phenoxy) is 1. The van der Waals surface area contributed by atoms with Gasteiger partial charge in [0.15, 0.2) is 0 Å². The van der Waals surface area contributed by atoms with Gasteiger partial charge in [0.2, 0.25) is 0 Å². The van der Waals surface area contributed by atoms with E-state index in [1.165, 1.54) is 0 Å². The van der Waals surface area contributed by atoms with E-state index in [9.17, 15) is 4.79 Å². The van der Waals surface area contributed by atoms with E-state index in [-0.39, 0.29) is 5.92 Å². The number of aromatic nitrogens is 1. The smallest absolute Gasteiger partial charge is 0.404 e. The van der Waals surface area contributed by atoms with Crippen molar-refractivity contribution in [1.29, 1.82) is 0 Å². The van der Waals surface area contributed by atoms with Gasteiger partial charge in [0, 0.05) is 23.0 Å². The summed E-state index contributed by atoms with van der Waals surface area (Å²) in [5.41, 5.74) is 7.16. The Morgan fingerprint density at radius 1 is 1.50 bits per heavy atom. The number of aromatic amines is 1. The molecule has 0 spiro atoms. The van der Waals surface area contributed by atoms with E-state index in [1.54, 1.807) is 0 Å². The van der Waals surface area contributed by atoms with Crippen molar-refractivity contribution in [2.24, 2.45) is 5.73 Å². The second-order valence-corrected chi connectivity index (χ2v) is 3.82. The van der Waals surface area contributed by atoms with Crippen molar-refractivity contribution in [1.82, 2.24) is 4.98 Å². The van der Waals surface area contributed by atoms with Crippen LogP contribution in [0.1, 0.15) is 18.4 Å². The van der Waals surface area contributed by atoms with Crippen LogP contribution in [0.4, 0.5) is 4.79 Å². The van der Waals surface area contributed by atoms with Gasteiger partial charge in [0.25, 0.3) is 0 Å². The Hall–Kier alpha value is -1.97. The Labute approximate surface area is 93.4 Å². The molecule has 1 atom stereocenters. The normalized spacial score (nSPS) is 12.6. The minimum atomic E-state index is -0.730. The zero-order chi connectivity index (χ0) is 11.5. The predicted molar refractivity (Wildman–Crippen MR) is 62.2 cm³/mol. The maximum Gasteiger partial charge on any atom is 0.404 e. The SMILES string of the molecule is CC(COC(N)=O)c1c[nH]c2ccccc12. The molecule has 0 aliphatic rings. The second kappa shape index (κ2) is 4.26. The van der Waals surface area contributed by atoms with E-state index in [4.69, 9.17) is 10.5 Å². The number of carbonyl (C=O) groups is 1. The molecular formula is C12H14N2O2. The molecule has 1 aromatic heterocycles. The maximum absolute atomic E-state index is 10.5. The summed E-state index contributed by atoms with van der Waals surface area (Å²) in [6, 6.07) is 8.02. The van der Waals surface area contributed by atoms with Crippen molar-refractivity contribution in [2.45, 2.75) is 12.8 Å². The third-order valence-electron chi connectivity index (χ3n) is 2.63. The highest BCUT2D eigenvalue weighted by Gasteiger charge is 2.12. The Morgan fingerprint density at radius 3 is 3.00 bits per heavy atom. The number of nitrogens with one attached hydrogen (secondary N) is 1. The number of carbonyl (C=O) groups excluding carboxylic acids is 1. The van der Waals surface area contributed by atoms with Gasteiger partial charge in [0.1, 0.15) is 0 Å². The minimum Gasteiger partial charge on any atom is -0.449 e. The molecule has 2 rings (SSSR count). The molecule has 1 heterocycles. The summed E-state index contributed by atoms with van der Waals surface area (Å²) in [7, 11) is 0. The molecule has 3 N–H and O–H groups in total. The first-order valence-electron chi connectivity index (χ1n) is 5.16. The molecule has 2 aromatic rings. The van der Waals surface area contributed by atoms with Gasteiger partial charge >= 0.3 is 6.09 Å². The van der Waals surface area contributed by atoms with Gasteiger partial charge in [-0.2, -0.15) is 0 Å². The number of amides is 1. The number of primary amides is 1. The van der Waals surface area contributed by atoms with E-state index in [1.807, 2.05) is 37.4 Å². The van der Waals surface area contributed by atoms with Crippen molar-refractivity contribution in [3.8, 4) is 0 Å². The number of benzene rings is 1. The van der Waals surface area contributed by atoms with Crippen molar-refractivity contribution in [2.75, 3.05) is 6.61 Å². The molecule has 0 fully saturated rings. The van der Waals surface area contributed by atoms with Crippen LogP contribution in [-0.2, 0) is 4.74 Å². The molecule has 0 aliphatic carbocycles. The number of rotatable bonds is 3. The largest absolute Gasteiger partial charge is 0.449 e. The predicted octanol–water partition coefficient (Wildman–Crippen LogP) is 2.37. The first-order chi connectivity index (χ1) is 7.68. The molecule has 0 bridgehead atoms. The molecule has 0 saturated carbocycles. The van der Waals surface area contributed by atoms with Crippen LogP contribution in [0.15, 0.2) is 30.5 Å². The molecule has 1 aromatic carbocycles. The Bertz CT molecular complexity index is 504. The number of hydrogen-bond acceptors (Lipinski definition) is 2. The lowest BCUT2D eigenvalue weighted by Crippen LogP contribution is -2.16. The summed E-state index contributed by atoms with van der Waals surface area (Å²) in [5.74, 6) is 0.128. The third kappa shape index (κ3) is 2.00. The summed E-state index contributed by atoms with van der Waals surface area (Å²) < 4.78 is 4.80. The maximum atomic E-state index is 10.5. The molecule has 0 radical (unpaired) electrons. The number of hydrogen-bond donors (Lipinski definition) is 2. The van der Waals surface area contributed by atoms with Gasteiger partial charge in [-0.3, -0.25) is 0 Å². The molecule has 84 valence electrons. The highest BCUT2D eigenvalue weighted by atomic mass is 16.5. The molecular weight excluding hydrogens is 204 g/mol. The van der Waals surface area contributed by atoms with Gasteiger partial charge < -0.3 is 15.5 Å². The fraction of sp³-hybridized carbons (Fsp3) is 0.250. The van der Waals surface area contributed by atoms with Crippen LogP contribution in [0.5, 0.6) is 0 Å². The fourth-order valence-electron chi connectivity index (χ4n) is 1.80. The van der Waals surface area contributed by atoms with Gasteiger partial charge in [-0.05, 0) is 11.6 Å². The van der Waals surface area contributed by atoms with Crippen LogP contribution in [0.3, 0.4) is 0 Å². The van der Waals surface area contributed by atoms with E-state index in [2.05, 4.69) is 4.98 Å². The first-order valence-corrected chi connectivity index (χ1v) is 5.16. The second-order valence-electron chi connectivity index (χ2n) is 3.82. The van der Waals surface area contributed by atoms with E-state index in [0.717, 1.165) is 16.5 Å². The van der Waals surface area contributed by atoms with Crippen molar-refractivity contribution >= 4 is 17.0 Å². The van der Waals surface area contributed by atoms with Crippen LogP contribution >= 0.6 is 0 Å². The number of H-pyrrole nitrogens is 1. The fourth-order valence-corrected chi connectivity index (χ4v) is 1.80. The van der Waals surface area contributed by atoms with Gasteiger partial charge in [0.05, 0.1) is 6.61 Å².